The Hall–Kier alpha value is -3.15. The van der Waals surface area contributed by atoms with Gasteiger partial charge in [-0.25, -0.2) is 8.42 Å². The van der Waals surface area contributed by atoms with Crippen LogP contribution in [0.5, 0.6) is 0 Å². The molecule has 1 aromatic carbocycles. The van der Waals surface area contributed by atoms with Gasteiger partial charge in [-0.2, -0.15) is 0 Å². The molecule has 0 aliphatic carbocycles. The molecule has 4 heterocycles. The van der Waals surface area contributed by atoms with E-state index in [0.29, 0.717) is 46.9 Å². The van der Waals surface area contributed by atoms with Gasteiger partial charge in [0.1, 0.15) is 0 Å². The summed E-state index contributed by atoms with van der Waals surface area (Å²) in [7, 11) is -3.45. The molecule has 10 nitrogen and oxygen atoms in total. The van der Waals surface area contributed by atoms with Gasteiger partial charge in [-0.05, 0) is 36.8 Å². The maximum absolute atomic E-state index is 13.3. The third kappa shape index (κ3) is 4.84. The van der Waals surface area contributed by atoms with Crippen molar-refractivity contribution in [1.29, 1.82) is 0 Å². The first-order chi connectivity index (χ1) is 16.7. The molecule has 0 saturated carbocycles. The van der Waals surface area contributed by atoms with Gasteiger partial charge < -0.3 is 19.9 Å². The zero-order valence-electron chi connectivity index (χ0n) is 19.8. The lowest BCUT2D eigenvalue weighted by Crippen LogP contribution is -2.45. The van der Waals surface area contributed by atoms with E-state index in [9.17, 15) is 18.0 Å². The topological polar surface area (TPSA) is 124 Å². The highest BCUT2D eigenvalue weighted by atomic mass is 32.2. The first kappa shape index (κ1) is 23.6. The molecular weight excluding hydrogens is 470 g/mol. The number of fused-ring (bicyclic) bond motifs is 2. The van der Waals surface area contributed by atoms with E-state index in [2.05, 4.69) is 19.9 Å². The van der Waals surface area contributed by atoms with Gasteiger partial charge in [-0.1, -0.05) is 0 Å². The van der Waals surface area contributed by atoms with Crippen molar-refractivity contribution in [1.82, 2.24) is 14.8 Å². The summed E-state index contributed by atoms with van der Waals surface area (Å²) >= 11 is 0. The summed E-state index contributed by atoms with van der Waals surface area (Å²) < 4.78 is 31.1. The number of aromatic nitrogens is 1. The number of carbonyl (C=O) groups excluding carboxylic acids is 2. The van der Waals surface area contributed by atoms with E-state index in [-0.39, 0.29) is 11.8 Å². The molecule has 3 aliphatic rings. The Labute approximate surface area is 204 Å². The van der Waals surface area contributed by atoms with Gasteiger partial charge in [0, 0.05) is 67.5 Å². The molecule has 11 heteroatoms. The lowest BCUT2D eigenvalue weighted by Gasteiger charge is -2.32. The van der Waals surface area contributed by atoms with Crippen LogP contribution in [0.25, 0.3) is 11.6 Å². The molecule has 3 N–H and O–H groups in total. The number of nitrogens with zero attached hydrogens (tertiary/aromatic N) is 2. The van der Waals surface area contributed by atoms with Crippen molar-refractivity contribution in [2.75, 3.05) is 62.2 Å². The highest BCUT2D eigenvalue weighted by Gasteiger charge is 2.31. The molecule has 0 bridgehead atoms. The zero-order chi connectivity index (χ0) is 24.7. The van der Waals surface area contributed by atoms with Crippen LogP contribution >= 0.6 is 0 Å². The van der Waals surface area contributed by atoms with Gasteiger partial charge >= 0.3 is 0 Å². The molecule has 186 valence electrons. The van der Waals surface area contributed by atoms with Gasteiger partial charge in [0.15, 0.2) is 0 Å². The van der Waals surface area contributed by atoms with Gasteiger partial charge in [-0.3, -0.25) is 19.2 Å². The Kier molecular flexibility index (Phi) is 6.16. The van der Waals surface area contributed by atoms with E-state index in [1.165, 1.54) is 0 Å². The fraction of sp³-hybridized carbons (Fsp3) is 0.417. The van der Waals surface area contributed by atoms with Crippen LogP contribution in [-0.2, 0) is 26.0 Å². The SMILES string of the molecule is Cc1c(/C=C2\C(=O)Nc3ccc(NS(C)(=O)=O)cc32)[nH]c2c1C(=O)N(CCN1CCOCC1)CC2. The molecule has 0 unspecified atom stereocenters. The largest absolute Gasteiger partial charge is 0.379 e. The van der Waals surface area contributed by atoms with E-state index in [0.717, 1.165) is 56.8 Å². The maximum atomic E-state index is 13.3. The van der Waals surface area contributed by atoms with Gasteiger partial charge in [0.25, 0.3) is 11.8 Å². The van der Waals surface area contributed by atoms with Crippen molar-refractivity contribution in [2.45, 2.75) is 13.3 Å². The fourth-order valence-corrected chi connectivity index (χ4v) is 5.42. The van der Waals surface area contributed by atoms with E-state index in [1.54, 1.807) is 24.3 Å². The number of morpholine rings is 1. The summed E-state index contributed by atoms with van der Waals surface area (Å²) in [5.74, 6) is -0.268. The average Bonchev–Trinajstić information content (AvgIpc) is 3.29. The normalized spacial score (nSPS) is 19.6. The lowest BCUT2D eigenvalue weighted by atomic mass is 10.0. The predicted octanol–water partition coefficient (Wildman–Crippen LogP) is 1.52. The Morgan fingerprint density at radius 3 is 2.66 bits per heavy atom. The minimum atomic E-state index is -3.45. The number of hydrogen-bond donors (Lipinski definition) is 3. The lowest BCUT2D eigenvalue weighted by molar-refractivity contribution is -0.110. The number of amides is 2. The van der Waals surface area contributed by atoms with Crippen molar-refractivity contribution in [3.8, 4) is 0 Å². The molecule has 2 aromatic rings. The molecule has 0 radical (unpaired) electrons. The molecule has 3 aliphatic heterocycles. The van der Waals surface area contributed by atoms with Crippen molar-refractivity contribution >= 4 is 44.9 Å². The molecule has 1 saturated heterocycles. The van der Waals surface area contributed by atoms with E-state index in [1.807, 2.05) is 11.8 Å². The van der Waals surface area contributed by atoms with E-state index >= 15 is 0 Å². The molecule has 5 rings (SSSR count). The summed E-state index contributed by atoms with van der Waals surface area (Å²) in [6.45, 7) is 7.27. The summed E-state index contributed by atoms with van der Waals surface area (Å²) in [6.07, 6.45) is 3.54. The van der Waals surface area contributed by atoms with Gasteiger partial charge in [-0.15, -0.1) is 0 Å². The highest BCUT2D eigenvalue weighted by molar-refractivity contribution is 7.92. The Morgan fingerprint density at radius 1 is 1.14 bits per heavy atom. The van der Waals surface area contributed by atoms with Crippen molar-refractivity contribution in [3.05, 3.63) is 46.3 Å². The molecular formula is C24H29N5O5S. The summed E-state index contributed by atoms with van der Waals surface area (Å²) in [5.41, 5.74) is 5.08. The number of hydrogen-bond acceptors (Lipinski definition) is 6. The van der Waals surface area contributed by atoms with Crippen LogP contribution < -0.4 is 10.0 Å². The zero-order valence-corrected chi connectivity index (χ0v) is 20.6. The summed E-state index contributed by atoms with van der Waals surface area (Å²) in [4.78, 5) is 33.6. The summed E-state index contributed by atoms with van der Waals surface area (Å²) in [6, 6.07) is 4.91. The van der Waals surface area contributed by atoms with Crippen molar-refractivity contribution in [2.24, 2.45) is 0 Å². The first-order valence-corrected chi connectivity index (χ1v) is 13.5. The molecule has 1 aromatic heterocycles. The quantitative estimate of drug-likeness (QED) is 0.518. The Balaban J connectivity index is 1.39. The Bertz CT molecular complexity index is 1320. The number of rotatable bonds is 6. The molecule has 0 spiro atoms. The number of ether oxygens (including phenoxy) is 1. The van der Waals surface area contributed by atoms with Crippen molar-refractivity contribution < 1.29 is 22.7 Å². The second kappa shape index (κ2) is 9.14. The molecule has 35 heavy (non-hydrogen) atoms. The molecule has 0 atom stereocenters. The number of carbonyl (C=O) groups is 2. The van der Waals surface area contributed by atoms with Crippen LogP contribution in [0.2, 0.25) is 0 Å². The Morgan fingerprint density at radius 2 is 1.91 bits per heavy atom. The predicted molar refractivity (Wildman–Crippen MR) is 134 cm³/mol. The number of sulfonamides is 1. The van der Waals surface area contributed by atoms with Gasteiger partial charge in [0.2, 0.25) is 10.0 Å². The monoisotopic (exact) mass is 499 g/mol. The molecule has 2 amide bonds. The fourth-order valence-electron chi connectivity index (χ4n) is 4.86. The van der Waals surface area contributed by atoms with Crippen LogP contribution in [0.3, 0.4) is 0 Å². The first-order valence-electron chi connectivity index (χ1n) is 11.7. The third-order valence-electron chi connectivity index (χ3n) is 6.68. The van der Waals surface area contributed by atoms with Gasteiger partial charge in [0.05, 0.1) is 30.6 Å². The summed E-state index contributed by atoms with van der Waals surface area (Å²) in [5, 5.41) is 2.82. The number of anilines is 2. The second-order valence-corrected chi connectivity index (χ2v) is 10.9. The maximum Gasteiger partial charge on any atom is 0.256 e. The van der Waals surface area contributed by atoms with Crippen LogP contribution in [0.15, 0.2) is 18.2 Å². The van der Waals surface area contributed by atoms with E-state index < -0.39 is 10.0 Å². The van der Waals surface area contributed by atoms with E-state index in [4.69, 9.17) is 4.74 Å². The standard InChI is InChI=1S/C24H29N5O5S/c1-15-21(14-18-17-13-16(27-35(2,32)33)3-4-19(17)26-23(18)30)25-20-5-6-29(24(31)22(15)20)8-7-28-9-11-34-12-10-28/h3-4,13-14,25,27H,5-12H2,1-2H3,(H,26,30)/b18-14-. The minimum absolute atomic E-state index is 0.00817. The third-order valence-corrected chi connectivity index (χ3v) is 7.29. The average molecular weight is 500 g/mol. The minimum Gasteiger partial charge on any atom is -0.379 e. The van der Waals surface area contributed by atoms with Crippen LogP contribution in [0, 0.1) is 6.92 Å². The highest BCUT2D eigenvalue weighted by Crippen LogP contribution is 2.36. The molecule has 1 fully saturated rings. The smallest absolute Gasteiger partial charge is 0.256 e. The van der Waals surface area contributed by atoms with Crippen LogP contribution in [-0.4, -0.2) is 87.2 Å². The van der Waals surface area contributed by atoms with Crippen LogP contribution in [0.4, 0.5) is 11.4 Å². The number of H-pyrrole nitrogens is 1. The van der Waals surface area contributed by atoms with Crippen molar-refractivity contribution in [3.63, 3.8) is 0 Å². The van der Waals surface area contributed by atoms with Crippen LogP contribution in [0.1, 0.15) is 32.9 Å². The number of benzene rings is 1. The second-order valence-electron chi connectivity index (χ2n) is 9.16. The number of nitrogens with one attached hydrogen (secondary N) is 3. The number of aromatic amines is 1.